The Morgan fingerprint density at radius 1 is 0.880 bits per heavy atom. The molecule has 0 saturated heterocycles. The first-order valence-corrected chi connectivity index (χ1v) is 9.95. The number of aliphatic carboxylic acids is 1. The van der Waals surface area contributed by atoms with Gasteiger partial charge in [-0.15, -0.1) is 0 Å². The molecule has 0 aliphatic rings. The van der Waals surface area contributed by atoms with Gasteiger partial charge in [0.2, 0.25) is 15.7 Å². The van der Waals surface area contributed by atoms with Crippen LogP contribution in [-0.2, 0) is 23.5 Å². The normalized spacial score (nSPS) is 10.5. The fraction of sp³-hybridized carbons (Fsp3) is 0.824. The van der Waals surface area contributed by atoms with Crippen LogP contribution in [0.1, 0.15) is 57.8 Å². The molecule has 0 heterocycles. The number of nitrogens with zero attached hydrogens (tertiary/aromatic N) is 1. The highest BCUT2D eigenvalue weighted by atomic mass is 28.2. The molecule has 0 unspecified atom stereocenters. The lowest BCUT2D eigenvalue weighted by atomic mass is 10.1. The van der Waals surface area contributed by atoms with Crippen molar-refractivity contribution in [1.29, 1.82) is 0 Å². The zero-order valence-electron chi connectivity index (χ0n) is 15.4. The lowest BCUT2D eigenvalue weighted by Crippen LogP contribution is -2.39. The maximum atomic E-state index is 12.0. The van der Waals surface area contributed by atoms with E-state index in [1.54, 1.807) is 7.11 Å². The van der Waals surface area contributed by atoms with Crippen molar-refractivity contribution in [2.24, 2.45) is 0 Å². The molecule has 0 aromatic rings. The van der Waals surface area contributed by atoms with Gasteiger partial charge < -0.3 is 19.2 Å². The Kier molecular flexibility index (Phi) is 15.2. The summed E-state index contributed by atoms with van der Waals surface area (Å²) in [6.07, 6.45) is 9.05. The van der Waals surface area contributed by atoms with Crippen molar-refractivity contribution < 1.29 is 28.7 Å². The summed E-state index contributed by atoms with van der Waals surface area (Å²) in [5.41, 5.74) is 0. The average Bonchev–Trinajstić information content (AvgIpc) is 2.58. The van der Waals surface area contributed by atoms with Crippen molar-refractivity contribution in [3.05, 3.63) is 0 Å². The molecule has 0 aromatic heterocycles. The molecule has 1 N–H and O–H groups in total. The topological polar surface area (TPSA) is 93.1 Å². The first-order valence-electron chi connectivity index (χ1n) is 8.83. The third-order valence-electron chi connectivity index (χ3n) is 3.79. The number of carbonyl (C=O) groups is 3. The van der Waals surface area contributed by atoms with Gasteiger partial charge >= 0.3 is 11.9 Å². The summed E-state index contributed by atoms with van der Waals surface area (Å²) < 4.78 is 9.53. The van der Waals surface area contributed by atoms with Crippen LogP contribution in [0.25, 0.3) is 0 Å². The van der Waals surface area contributed by atoms with Gasteiger partial charge in [-0.1, -0.05) is 44.9 Å². The van der Waals surface area contributed by atoms with Gasteiger partial charge in [-0.05, 0) is 12.5 Å². The third kappa shape index (κ3) is 14.6. The van der Waals surface area contributed by atoms with Gasteiger partial charge in [0.25, 0.3) is 0 Å². The van der Waals surface area contributed by atoms with Gasteiger partial charge in [0.1, 0.15) is 13.1 Å². The zero-order valence-corrected chi connectivity index (χ0v) is 16.4. The standard InChI is InChI=1S/C17H31NO6Si/c1-23-17(22)14-18(13-16(20)21)15(19)11-9-7-5-3-4-6-8-10-12-25-24-2/h3-14H2,1-2H3,(H,20,21). The van der Waals surface area contributed by atoms with Crippen molar-refractivity contribution >= 4 is 27.6 Å². The highest BCUT2D eigenvalue weighted by molar-refractivity contribution is 6.26. The molecule has 0 aliphatic heterocycles. The fourth-order valence-electron chi connectivity index (χ4n) is 2.41. The van der Waals surface area contributed by atoms with Crippen LogP contribution in [0, 0.1) is 0 Å². The smallest absolute Gasteiger partial charge is 0.325 e. The van der Waals surface area contributed by atoms with E-state index >= 15 is 0 Å². The van der Waals surface area contributed by atoms with Crippen LogP contribution in [-0.4, -0.2) is 64.9 Å². The van der Waals surface area contributed by atoms with Crippen LogP contribution in [0.4, 0.5) is 0 Å². The molecule has 0 rings (SSSR count). The molecule has 0 spiro atoms. The van der Waals surface area contributed by atoms with Crippen LogP contribution in [0.15, 0.2) is 0 Å². The molecule has 144 valence electrons. The van der Waals surface area contributed by atoms with Gasteiger partial charge in [-0.2, -0.15) is 0 Å². The second-order valence-corrected chi connectivity index (χ2v) is 7.09. The van der Waals surface area contributed by atoms with Crippen molar-refractivity contribution in [3.63, 3.8) is 0 Å². The van der Waals surface area contributed by atoms with E-state index in [4.69, 9.17) is 9.53 Å². The molecule has 7 nitrogen and oxygen atoms in total. The lowest BCUT2D eigenvalue weighted by Gasteiger charge is -2.19. The highest BCUT2D eigenvalue weighted by Gasteiger charge is 2.19. The number of unbranched alkanes of at least 4 members (excludes halogenated alkanes) is 7. The second kappa shape index (κ2) is 16.1. The maximum Gasteiger partial charge on any atom is 0.325 e. The quantitative estimate of drug-likeness (QED) is 0.253. The van der Waals surface area contributed by atoms with Crippen LogP contribution >= 0.6 is 0 Å². The Hall–Kier alpha value is -1.41. The maximum absolute atomic E-state index is 12.0. The summed E-state index contributed by atoms with van der Waals surface area (Å²) in [4.78, 5) is 35.1. The molecule has 0 bridgehead atoms. The summed E-state index contributed by atoms with van der Waals surface area (Å²) in [6, 6.07) is 1.15. The first-order chi connectivity index (χ1) is 12.0. The van der Waals surface area contributed by atoms with Gasteiger partial charge in [0, 0.05) is 13.5 Å². The Bertz CT molecular complexity index is 391. The summed E-state index contributed by atoms with van der Waals surface area (Å²) in [6.45, 7) is -0.789. The predicted octanol–water partition coefficient (Wildman–Crippen LogP) is 2.27. The number of hydrogen-bond donors (Lipinski definition) is 1. The lowest BCUT2D eigenvalue weighted by molar-refractivity contribution is -0.150. The molecule has 0 atom stereocenters. The monoisotopic (exact) mass is 373 g/mol. The summed E-state index contributed by atoms with van der Waals surface area (Å²) in [5.74, 6) is -2.06. The summed E-state index contributed by atoms with van der Waals surface area (Å²) in [7, 11) is 3.56. The molecular formula is C17H31NO6Si. The van der Waals surface area contributed by atoms with Crippen LogP contribution in [0.2, 0.25) is 6.04 Å². The van der Waals surface area contributed by atoms with E-state index in [2.05, 4.69) is 4.74 Å². The summed E-state index contributed by atoms with van der Waals surface area (Å²) >= 11 is 0. The molecule has 1 amide bonds. The van der Waals surface area contributed by atoms with Crippen molar-refractivity contribution in [1.82, 2.24) is 4.90 Å². The SMILES string of the molecule is CO[Si]CCCCCCCCCCC(=O)N(CC(=O)O)CC(=O)OC. The van der Waals surface area contributed by atoms with Crippen molar-refractivity contribution in [3.8, 4) is 0 Å². The van der Waals surface area contributed by atoms with Crippen molar-refractivity contribution in [2.45, 2.75) is 63.8 Å². The number of carboxylic acids is 1. The van der Waals surface area contributed by atoms with E-state index in [1.165, 1.54) is 32.8 Å². The fourth-order valence-corrected chi connectivity index (χ4v) is 3.01. The number of carbonyl (C=O) groups excluding carboxylic acids is 2. The van der Waals surface area contributed by atoms with Crippen LogP contribution in [0.5, 0.6) is 0 Å². The minimum absolute atomic E-state index is 0.266. The number of rotatable bonds is 16. The zero-order chi connectivity index (χ0) is 18.9. The summed E-state index contributed by atoms with van der Waals surface area (Å²) in [5, 5.41) is 8.83. The van der Waals surface area contributed by atoms with Gasteiger partial charge in [-0.3, -0.25) is 14.4 Å². The van der Waals surface area contributed by atoms with Crippen LogP contribution in [0.3, 0.4) is 0 Å². The van der Waals surface area contributed by atoms with E-state index in [-0.39, 0.29) is 18.9 Å². The number of methoxy groups -OCH3 is 1. The van der Waals surface area contributed by atoms with E-state index in [0.717, 1.165) is 30.2 Å². The largest absolute Gasteiger partial charge is 0.480 e. The minimum atomic E-state index is -1.14. The number of ether oxygens (including phenoxy) is 1. The molecular weight excluding hydrogens is 342 g/mol. The minimum Gasteiger partial charge on any atom is -0.480 e. The number of amides is 1. The van der Waals surface area contributed by atoms with Gasteiger partial charge in [-0.25, -0.2) is 0 Å². The molecule has 0 aliphatic carbocycles. The molecule has 0 aromatic carbocycles. The molecule has 8 heteroatoms. The van der Waals surface area contributed by atoms with Crippen molar-refractivity contribution in [2.75, 3.05) is 27.3 Å². The van der Waals surface area contributed by atoms with E-state index in [9.17, 15) is 14.4 Å². The average molecular weight is 374 g/mol. The predicted molar refractivity (Wildman–Crippen MR) is 95.4 cm³/mol. The molecule has 25 heavy (non-hydrogen) atoms. The van der Waals surface area contributed by atoms with Crippen LogP contribution < -0.4 is 0 Å². The Morgan fingerprint density at radius 3 is 1.96 bits per heavy atom. The van der Waals surface area contributed by atoms with Gasteiger partial charge in [0.05, 0.1) is 7.11 Å². The first kappa shape index (κ1) is 23.6. The van der Waals surface area contributed by atoms with E-state index < -0.39 is 18.5 Å². The van der Waals surface area contributed by atoms with Gasteiger partial charge in [0.15, 0.2) is 0 Å². The number of hydrogen-bond acceptors (Lipinski definition) is 5. The number of carboxylic acid groups (broad SMARTS) is 1. The second-order valence-electron chi connectivity index (χ2n) is 5.90. The Morgan fingerprint density at radius 2 is 1.44 bits per heavy atom. The van der Waals surface area contributed by atoms with E-state index in [1.807, 2.05) is 0 Å². The Labute approximate surface area is 153 Å². The molecule has 0 fully saturated rings. The molecule has 2 radical (unpaired) electrons. The van der Waals surface area contributed by atoms with E-state index in [0.29, 0.717) is 16.2 Å². The highest BCUT2D eigenvalue weighted by Crippen LogP contribution is 2.11. The molecule has 0 saturated carbocycles. The number of esters is 1. The third-order valence-corrected chi connectivity index (χ3v) is 4.64. The Balaban J connectivity index is 3.74.